The summed E-state index contributed by atoms with van der Waals surface area (Å²) in [6.07, 6.45) is 0.908. The van der Waals surface area contributed by atoms with Crippen molar-refractivity contribution in [3.05, 3.63) is 12.3 Å². The molecule has 0 bridgehead atoms. The van der Waals surface area contributed by atoms with Crippen molar-refractivity contribution in [2.75, 3.05) is 59.3 Å². The molecule has 0 rings (SSSR count). The highest BCUT2D eigenvalue weighted by molar-refractivity contribution is 5.78. The second-order valence-corrected chi connectivity index (χ2v) is 8.66. The van der Waals surface area contributed by atoms with Crippen molar-refractivity contribution in [3.63, 3.8) is 0 Å². The molecule has 0 aromatic carbocycles. The smallest absolute Gasteiger partial charge is 0.243 e. The fraction of sp³-hybridized carbons (Fsp3) is 0.696. The summed E-state index contributed by atoms with van der Waals surface area (Å²) in [7, 11) is 0. The number of hydrogen-bond acceptors (Lipinski definition) is 10. The van der Waals surface area contributed by atoms with E-state index in [1.54, 1.807) is 0 Å². The van der Waals surface area contributed by atoms with E-state index in [0.29, 0.717) is 5.70 Å². The lowest BCUT2D eigenvalue weighted by atomic mass is 9.84. The Hall–Kier alpha value is -3.27. The number of ether oxygens (including phenoxy) is 3. The SMILES string of the molecule is C=C(N)COCCNC(=O)CCC(N)(CCC(=O)NCCOCC(N)=O)CCC(=O)NCCOCC(N)=O. The van der Waals surface area contributed by atoms with Gasteiger partial charge in [0.25, 0.3) is 0 Å². The van der Waals surface area contributed by atoms with E-state index in [9.17, 15) is 24.0 Å². The monoisotopic (exact) mass is 545 g/mol. The first kappa shape index (κ1) is 34.7. The predicted molar refractivity (Wildman–Crippen MR) is 138 cm³/mol. The molecule has 0 heterocycles. The molecule has 0 unspecified atom stereocenters. The molecule has 0 aliphatic carbocycles. The third-order valence-electron chi connectivity index (χ3n) is 5.03. The Kier molecular flexibility index (Phi) is 19.0. The van der Waals surface area contributed by atoms with Crippen molar-refractivity contribution in [2.45, 2.75) is 44.1 Å². The van der Waals surface area contributed by atoms with Gasteiger partial charge in [0.2, 0.25) is 29.5 Å². The molecule has 0 saturated heterocycles. The molecule has 38 heavy (non-hydrogen) atoms. The van der Waals surface area contributed by atoms with Gasteiger partial charge in [0.1, 0.15) is 13.2 Å². The Labute approximate surface area is 222 Å². The largest absolute Gasteiger partial charge is 0.401 e. The highest BCUT2D eigenvalue weighted by atomic mass is 16.5. The van der Waals surface area contributed by atoms with E-state index in [2.05, 4.69) is 22.5 Å². The number of carbonyl (C=O) groups excluding carboxylic acids is 5. The Morgan fingerprint density at radius 1 is 0.605 bits per heavy atom. The number of nitrogens with two attached hydrogens (primary N) is 4. The van der Waals surface area contributed by atoms with Crippen LogP contribution in [0.15, 0.2) is 12.3 Å². The van der Waals surface area contributed by atoms with Crippen molar-refractivity contribution >= 4 is 29.5 Å². The van der Waals surface area contributed by atoms with Gasteiger partial charge in [-0.25, -0.2) is 0 Å². The molecular formula is C23H43N7O8. The fourth-order valence-corrected chi connectivity index (χ4v) is 3.06. The van der Waals surface area contributed by atoms with E-state index in [0.717, 1.165) is 0 Å². The van der Waals surface area contributed by atoms with Crippen LogP contribution >= 0.6 is 0 Å². The maximum atomic E-state index is 12.2. The van der Waals surface area contributed by atoms with Gasteiger partial charge in [-0.2, -0.15) is 0 Å². The maximum absolute atomic E-state index is 12.2. The molecule has 218 valence electrons. The summed E-state index contributed by atoms with van der Waals surface area (Å²) >= 11 is 0. The Bertz CT molecular complexity index is 681. The van der Waals surface area contributed by atoms with Crippen LogP contribution in [0.2, 0.25) is 0 Å². The Balaban J connectivity index is 4.65. The summed E-state index contributed by atoms with van der Waals surface area (Å²) in [6, 6.07) is 0. The van der Waals surface area contributed by atoms with Crippen LogP contribution in [0, 0.1) is 0 Å². The van der Waals surface area contributed by atoms with Crippen LogP contribution in [-0.2, 0) is 38.2 Å². The summed E-state index contributed by atoms with van der Waals surface area (Å²) in [5, 5.41) is 8.01. The fourth-order valence-electron chi connectivity index (χ4n) is 3.06. The molecule has 0 fully saturated rings. The average Bonchev–Trinajstić information content (AvgIpc) is 2.84. The lowest BCUT2D eigenvalue weighted by Crippen LogP contribution is -2.44. The summed E-state index contributed by atoms with van der Waals surface area (Å²) < 4.78 is 15.2. The van der Waals surface area contributed by atoms with Gasteiger partial charge in [-0.3, -0.25) is 24.0 Å². The minimum atomic E-state index is -0.968. The molecule has 0 saturated carbocycles. The molecule has 15 nitrogen and oxygen atoms in total. The zero-order chi connectivity index (χ0) is 28.8. The van der Waals surface area contributed by atoms with Gasteiger partial charge in [0.15, 0.2) is 0 Å². The zero-order valence-corrected chi connectivity index (χ0v) is 21.9. The maximum Gasteiger partial charge on any atom is 0.243 e. The van der Waals surface area contributed by atoms with Gasteiger partial charge in [-0.15, -0.1) is 0 Å². The third-order valence-corrected chi connectivity index (χ3v) is 5.03. The van der Waals surface area contributed by atoms with Crippen LogP contribution in [-0.4, -0.2) is 94.4 Å². The first-order valence-corrected chi connectivity index (χ1v) is 12.3. The molecule has 0 spiro atoms. The quantitative estimate of drug-likeness (QED) is 0.0600. The van der Waals surface area contributed by atoms with Gasteiger partial charge in [0, 0.05) is 50.1 Å². The zero-order valence-electron chi connectivity index (χ0n) is 21.9. The standard InChI is InChI=1S/C23H43N7O8/c1-17(24)14-36-11-8-28-20(33)2-5-23(27,6-3-21(34)29-9-12-37-15-18(25)31)7-4-22(35)30-10-13-38-16-19(26)32/h1-16,24,27H2,(H2,25,31)(H2,26,32)(H,28,33)(H,29,34)(H,30,35). The van der Waals surface area contributed by atoms with Gasteiger partial charge >= 0.3 is 0 Å². The van der Waals surface area contributed by atoms with Gasteiger partial charge in [0.05, 0.1) is 26.4 Å². The molecule has 5 amide bonds. The van der Waals surface area contributed by atoms with Gasteiger partial charge in [-0.05, 0) is 19.3 Å². The number of hydrogen-bond donors (Lipinski definition) is 7. The molecule has 15 heteroatoms. The summed E-state index contributed by atoms with van der Waals surface area (Å²) in [5.74, 6) is -2.04. The van der Waals surface area contributed by atoms with Crippen molar-refractivity contribution < 1.29 is 38.2 Å². The number of rotatable bonds is 24. The molecule has 0 aliphatic heterocycles. The second kappa shape index (κ2) is 20.7. The second-order valence-electron chi connectivity index (χ2n) is 8.66. The molecule has 0 aromatic rings. The number of carbonyl (C=O) groups is 5. The van der Waals surface area contributed by atoms with Crippen LogP contribution < -0.4 is 38.9 Å². The third kappa shape index (κ3) is 22.0. The van der Waals surface area contributed by atoms with Crippen LogP contribution in [0.4, 0.5) is 0 Å². The number of primary amides is 2. The molecule has 0 aromatic heterocycles. The Morgan fingerprint density at radius 3 is 1.21 bits per heavy atom. The van der Waals surface area contributed by atoms with Crippen LogP contribution in [0.5, 0.6) is 0 Å². The van der Waals surface area contributed by atoms with Crippen molar-refractivity contribution in [1.29, 1.82) is 0 Å². The van der Waals surface area contributed by atoms with E-state index in [1.807, 2.05) is 0 Å². The van der Waals surface area contributed by atoms with Crippen LogP contribution in [0.25, 0.3) is 0 Å². The first-order chi connectivity index (χ1) is 17.9. The highest BCUT2D eigenvalue weighted by Gasteiger charge is 2.27. The molecule has 0 atom stereocenters. The molecule has 0 radical (unpaired) electrons. The summed E-state index contributed by atoms with van der Waals surface area (Å²) in [4.78, 5) is 58.0. The van der Waals surface area contributed by atoms with E-state index in [4.69, 9.17) is 37.1 Å². The van der Waals surface area contributed by atoms with Crippen LogP contribution in [0.1, 0.15) is 38.5 Å². The van der Waals surface area contributed by atoms with Gasteiger partial charge < -0.3 is 53.1 Å². The van der Waals surface area contributed by atoms with Crippen LogP contribution in [0.3, 0.4) is 0 Å². The summed E-state index contributed by atoms with van der Waals surface area (Å²) in [6.45, 7) is 4.39. The van der Waals surface area contributed by atoms with E-state index >= 15 is 0 Å². The molecule has 11 N–H and O–H groups in total. The van der Waals surface area contributed by atoms with Gasteiger partial charge in [-0.1, -0.05) is 6.58 Å². The van der Waals surface area contributed by atoms with E-state index in [1.165, 1.54) is 0 Å². The Morgan fingerprint density at radius 2 is 0.921 bits per heavy atom. The van der Waals surface area contributed by atoms with E-state index < -0.39 is 17.4 Å². The lowest BCUT2D eigenvalue weighted by molar-refractivity contribution is -0.124. The predicted octanol–water partition coefficient (Wildman–Crippen LogP) is -3.13. The minimum Gasteiger partial charge on any atom is -0.401 e. The molecule has 0 aliphatic rings. The first-order valence-electron chi connectivity index (χ1n) is 12.3. The van der Waals surface area contributed by atoms with Crippen molar-refractivity contribution in [1.82, 2.24) is 16.0 Å². The minimum absolute atomic E-state index is 0.0628. The van der Waals surface area contributed by atoms with E-state index in [-0.39, 0.29) is 116 Å². The number of nitrogens with one attached hydrogen (secondary N) is 3. The normalized spacial score (nSPS) is 11.0. The lowest BCUT2D eigenvalue weighted by Gasteiger charge is -2.29. The summed E-state index contributed by atoms with van der Waals surface area (Å²) in [5.41, 5.74) is 21.3. The number of amides is 5. The average molecular weight is 546 g/mol. The van der Waals surface area contributed by atoms with Crippen molar-refractivity contribution in [3.8, 4) is 0 Å². The van der Waals surface area contributed by atoms with Crippen molar-refractivity contribution in [2.24, 2.45) is 22.9 Å². The molecular weight excluding hydrogens is 502 g/mol. The topological polar surface area (TPSA) is 253 Å². The highest BCUT2D eigenvalue weighted by Crippen LogP contribution is 2.23.